The van der Waals surface area contributed by atoms with E-state index >= 15 is 0 Å². The summed E-state index contributed by atoms with van der Waals surface area (Å²) in [5.74, 6) is 0.220. The zero-order chi connectivity index (χ0) is 23.6. The Labute approximate surface area is 197 Å². The Kier molecular flexibility index (Phi) is 7.28. The molecule has 1 saturated carbocycles. The molecule has 0 unspecified atom stereocenters. The first-order valence-electron chi connectivity index (χ1n) is 12.2. The van der Waals surface area contributed by atoms with Gasteiger partial charge in [0.2, 0.25) is 15.9 Å². The highest BCUT2D eigenvalue weighted by molar-refractivity contribution is 7.89. The second-order valence-corrected chi connectivity index (χ2v) is 11.8. The van der Waals surface area contributed by atoms with E-state index in [2.05, 4.69) is 4.90 Å². The van der Waals surface area contributed by atoms with E-state index < -0.39 is 10.0 Å². The lowest BCUT2D eigenvalue weighted by Crippen LogP contribution is -2.52. The van der Waals surface area contributed by atoms with E-state index in [4.69, 9.17) is 0 Å². The maximum Gasteiger partial charge on any atom is 0.256 e. The van der Waals surface area contributed by atoms with Gasteiger partial charge in [-0.3, -0.25) is 9.59 Å². The van der Waals surface area contributed by atoms with Crippen LogP contribution in [0, 0.1) is 5.92 Å². The molecule has 1 aliphatic carbocycles. The second-order valence-electron chi connectivity index (χ2n) is 9.61. The number of rotatable bonds is 5. The molecule has 2 aliphatic heterocycles. The first-order chi connectivity index (χ1) is 15.8. The van der Waals surface area contributed by atoms with Crippen molar-refractivity contribution in [1.29, 1.82) is 0 Å². The van der Waals surface area contributed by atoms with E-state index in [1.165, 1.54) is 30.9 Å². The highest BCUT2D eigenvalue weighted by Gasteiger charge is 2.32. The monoisotopic (exact) mass is 476 g/mol. The van der Waals surface area contributed by atoms with Crippen LogP contribution in [0.2, 0.25) is 0 Å². The van der Waals surface area contributed by atoms with Crippen molar-refractivity contribution in [2.75, 3.05) is 58.3 Å². The number of nitrogens with zero attached hydrogens (tertiary/aromatic N) is 4. The van der Waals surface area contributed by atoms with Crippen LogP contribution >= 0.6 is 0 Å². The van der Waals surface area contributed by atoms with Crippen LogP contribution in [0.25, 0.3) is 0 Å². The molecule has 2 amide bonds. The van der Waals surface area contributed by atoms with Crippen LogP contribution in [0.1, 0.15) is 55.3 Å². The molecule has 8 nitrogen and oxygen atoms in total. The standard InChI is InChI=1S/C24H36N4O4S/c1-25(2)33(31,32)20-10-11-22(26-12-6-3-7-13-26)21(18-20)24(30)28-16-14-27(15-17-28)23(29)19-8-4-5-9-19/h10-11,18-19H,3-9,12-17H2,1-2H3. The van der Waals surface area contributed by atoms with Crippen molar-refractivity contribution in [3.05, 3.63) is 23.8 Å². The molecule has 9 heteroatoms. The zero-order valence-corrected chi connectivity index (χ0v) is 20.6. The Balaban J connectivity index is 1.55. The number of piperidine rings is 1. The number of carbonyl (C=O) groups excluding carboxylic acids is 2. The smallest absolute Gasteiger partial charge is 0.256 e. The fraction of sp³-hybridized carbons (Fsp3) is 0.667. The Bertz CT molecular complexity index is 974. The summed E-state index contributed by atoms with van der Waals surface area (Å²) in [4.78, 5) is 32.4. The molecule has 33 heavy (non-hydrogen) atoms. The number of anilines is 1. The lowest BCUT2D eigenvalue weighted by Gasteiger charge is -2.37. The number of amides is 2. The van der Waals surface area contributed by atoms with Crippen molar-refractivity contribution < 1.29 is 18.0 Å². The average molecular weight is 477 g/mol. The van der Waals surface area contributed by atoms with Crippen LogP contribution in [-0.2, 0) is 14.8 Å². The molecule has 2 heterocycles. The highest BCUT2D eigenvalue weighted by Crippen LogP contribution is 2.30. The zero-order valence-electron chi connectivity index (χ0n) is 19.8. The van der Waals surface area contributed by atoms with Crippen molar-refractivity contribution in [3.8, 4) is 0 Å². The number of carbonyl (C=O) groups is 2. The molecule has 2 saturated heterocycles. The van der Waals surface area contributed by atoms with Crippen LogP contribution in [-0.4, -0.2) is 87.7 Å². The largest absolute Gasteiger partial charge is 0.371 e. The lowest BCUT2D eigenvalue weighted by molar-refractivity contribution is -0.136. The van der Waals surface area contributed by atoms with Gasteiger partial charge in [-0.15, -0.1) is 0 Å². The summed E-state index contributed by atoms with van der Waals surface area (Å²) in [7, 11) is -0.657. The van der Waals surface area contributed by atoms with Crippen LogP contribution in [0.4, 0.5) is 5.69 Å². The third kappa shape index (κ3) is 5.04. The summed E-state index contributed by atoms with van der Waals surface area (Å²) in [6.07, 6.45) is 7.50. The summed E-state index contributed by atoms with van der Waals surface area (Å²) in [6, 6.07) is 4.93. The van der Waals surface area contributed by atoms with E-state index in [-0.39, 0.29) is 22.6 Å². The Morgan fingerprint density at radius 1 is 0.848 bits per heavy atom. The first kappa shape index (κ1) is 24.0. The molecule has 4 rings (SSSR count). The number of hydrogen-bond acceptors (Lipinski definition) is 5. The fourth-order valence-corrected chi connectivity index (χ4v) is 6.13. The third-order valence-corrected chi connectivity index (χ3v) is 9.07. The molecule has 0 radical (unpaired) electrons. The number of hydrogen-bond donors (Lipinski definition) is 0. The van der Waals surface area contributed by atoms with Gasteiger partial charge in [-0.1, -0.05) is 12.8 Å². The Hall–Kier alpha value is -2.13. The lowest BCUT2D eigenvalue weighted by atomic mass is 10.0. The van der Waals surface area contributed by atoms with Crippen LogP contribution in [0.15, 0.2) is 23.1 Å². The van der Waals surface area contributed by atoms with E-state index in [0.717, 1.165) is 57.3 Å². The number of piperazine rings is 1. The van der Waals surface area contributed by atoms with Crippen molar-refractivity contribution in [1.82, 2.24) is 14.1 Å². The van der Waals surface area contributed by atoms with Crippen molar-refractivity contribution in [2.45, 2.75) is 49.8 Å². The van der Waals surface area contributed by atoms with Gasteiger partial charge in [0.05, 0.1) is 10.5 Å². The highest BCUT2D eigenvalue weighted by atomic mass is 32.2. The van der Waals surface area contributed by atoms with Gasteiger partial charge in [0.25, 0.3) is 5.91 Å². The molecular formula is C24H36N4O4S. The van der Waals surface area contributed by atoms with Crippen molar-refractivity contribution >= 4 is 27.5 Å². The Morgan fingerprint density at radius 3 is 2.06 bits per heavy atom. The second kappa shape index (κ2) is 10.0. The van der Waals surface area contributed by atoms with E-state index in [9.17, 15) is 18.0 Å². The minimum atomic E-state index is -3.65. The SMILES string of the molecule is CN(C)S(=O)(=O)c1ccc(N2CCCCC2)c(C(=O)N2CCN(C(=O)C3CCCC3)CC2)c1. The molecule has 0 atom stereocenters. The van der Waals surface area contributed by atoms with Gasteiger partial charge in [0, 0.05) is 65.0 Å². The van der Waals surface area contributed by atoms with Gasteiger partial charge in [-0.05, 0) is 50.3 Å². The van der Waals surface area contributed by atoms with E-state index in [1.54, 1.807) is 17.0 Å². The van der Waals surface area contributed by atoms with Gasteiger partial charge in [-0.25, -0.2) is 12.7 Å². The van der Waals surface area contributed by atoms with E-state index in [1.807, 2.05) is 4.90 Å². The quantitative estimate of drug-likeness (QED) is 0.652. The molecule has 0 spiro atoms. The van der Waals surface area contributed by atoms with Gasteiger partial charge in [-0.2, -0.15) is 0 Å². The van der Waals surface area contributed by atoms with Gasteiger partial charge < -0.3 is 14.7 Å². The molecule has 0 bridgehead atoms. The maximum atomic E-state index is 13.6. The van der Waals surface area contributed by atoms with Gasteiger partial charge >= 0.3 is 0 Å². The number of benzene rings is 1. The Morgan fingerprint density at radius 2 is 1.45 bits per heavy atom. The maximum absolute atomic E-state index is 13.6. The first-order valence-corrected chi connectivity index (χ1v) is 13.6. The summed E-state index contributed by atoms with van der Waals surface area (Å²) in [5, 5.41) is 0. The minimum Gasteiger partial charge on any atom is -0.371 e. The van der Waals surface area contributed by atoms with Gasteiger partial charge in [0.15, 0.2) is 0 Å². The molecule has 0 N–H and O–H groups in total. The summed E-state index contributed by atoms with van der Waals surface area (Å²) >= 11 is 0. The summed E-state index contributed by atoms with van der Waals surface area (Å²) in [6.45, 7) is 3.75. The molecule has 182 valence electrons. The minimum absolute atomic E-state index is 0.131. The topological polar surface area (TPSA) is 81.2 Å². The predicted molar refractivity (Wildman–Crippen MR) is 128 cm³/mol. The predicted octanol–water partition coefficient (Wildman–Crippen LogP) is 2.40. The normalized spacial score (nSPS) is 20.5. The van der Waals surface area contributed by atoms with Crippen LogP contribution in [0.5, 0.6) is 0 Å². The van der Waals surface area contributed by atoms with Crippen molar-refractivity contribution in [3.63, 3.8) is 0 Å². The molecular weight excluding hydrogens is 440 g/mol. The molecule has 3 aliphatic rings. The average Bonchev–Trinajstić information content (AvgIpc) is 3.38. The molecule has 3 fully saturated rings. The van der Waals surface area contributed by atoms with Gasteiger partial charge in [0.1, 0.15) is 0 Å². The molecule has 1 aromatic carbocycles. The number of sulfonamides is 1. The van der Waals surface area contributed by atoms with Crippen molar-refractivity contribution in [2.24, 2.45) is 5.92 Å². The fourth-order valence-electron chi connectivity index (χ4n) is 5.20. The third-order valence-electron chi connectivity index (χ3n) is 7.26. The molecule has 0 aromatic heterocycles. The molecule has 1 aromatic rings. The van der Waals surface area contributed by atoms with E-state index in [0.29, 0.717) is 31.7 Å². The summed E-state index contributed by atoms with van der Waals surface area (Å²) in [5.41, 5.74) is 1.25. The van der Waals surface area contributed by atoms with Crippen LogP contribution in [0.3, 0.4) is 0 Å². The summed E-state index contributed by atoms with van der Waals surface area (Å²) < 4.78 is 26.7. The van der Waals surface area contributed by atoms with Crippen LogP contribution < -0.4 is 4.90 Å².